The van der Waals surface area contributed by atoms with Gasteiger partial charge in [0.2, 0.25) is 6.17 Å². The summed E-state index contributed by atoms with van der Waals surface area (Å²) in [7, 11) is 2.71. The molecule has 0 aliphatic heterocycles. The van der Waals surface area contributed by atoms with Crippen molar-refractivity contribution in [1.29, 1.82) is 0 Å². The number of aliphatic hydroxyl groups is 1. The van der Waals surface area contributed by atoms with Crippen molar-refractivity contribution in [2.24, 2.45) is 0 Å². The lowest BCUT2D eigenvalue weighted by molar-refractivity contribution is -0.147. The number of ether oxygens (including phenoxy) is 2. The Morgan fingerprint density at radius 2 is 2.00 bits per heavy atom. The second-order valence-corrected chi connectivity index (χ2v) is 3.77. The first-order valence-corrected chi connectivity index (χ1v) is 5.27. The summed E-state index contributed by atoms with van der Waals surface area (Å²) in [5.74, 6) is -1.37. The van der Waals surface area contributed by atoms with E-state index < -0.39 is 18.2 Å². The Labute approximate surface area is 108 Å². The van der Waals surface area contributed by atoms with Crippen LogP contribution in [0.2, 0.25) is 5.02 Å². The van der Waals surface area contributed by atoms with Crippen LogP contribution >= 0.6 is 11.6 Å². The highest BCUT2D eigenvalue weighted by atomic mass is 35.5. The molecule has 7 heteroatoms. The summed E-state index contributed by atoms with van der Waals surface area (Å²) >= 11 is 5.91. The Hall–Kier alpha value is -1.53. The second kappa shape index (κ2) is 5.88. The van der Waals surface area contributed by atoms with Crippen molar-refractivity contribution in [3.8, 4) is 11.5 Å². The van der Waals surface area contributed by atoms with Gasteiger partial charge in [-0.1, -0.05) is 17.7 Å². The molecule has 0 fully saturated rings. The highest BCUT2D eigenvalue weighted by Crippen LogP contribution is 2.40. The van der Waals surface area contributed by atoms with Crippen molar-refractivity contribution >= 4 is 17.6 Å². The Morgan fingerprint density at radius 1 is 1.39 bits per heavy atom. The summed E-state index contributed by atoms with van der Waals surface area (Å²) in [6.45, 7) is 0. The van der Waals surface area contributed by atoms with Gasteiger partial charge in [-0.2, -0.15) is 0 Å². The van der Waals surface area contributed by atoms with E-state index in [1.54, 1.807) is 0 Å². The van der Waals surface area contributed by atoms with Crippen LogP contribution in [0.1, 0.15) is 11.7 Å². The first kappa shape index (κ1) is 14.5. The molecule has 1 aromatic rings. The smallest absolute Gasteiger partial charge is 0.341 e. The minimum atomic E-state index is -2.47. The second-order valence-electron chi connectivity index (χ2n) is 3.39. The van der Waals surface area contributed by atoms with Gasteiger partial charge in [0.25, 0.3) is 0 Å². The van der Waals surface area contributed by atoms with Crippen LogP contribution < -0.4 is 9.47 Å². The number of alkyl halides is 1. The lowest BCUT2D eigenvalue weighted by Crippen LogP contribution is -2.23. The fraction of sp³-hybridized carbons (Fsp3) is 0.364. The van der Waals surface area contributed by atoms with Crippen LogP contribution in [0.15, 0.2) is 12.1 Å². The summed E-state index contributed by atoms with van der Waals surface area (Å²) in [5.41, 5.74) is -0.0794. The van der Waals surface area contributed by atoms with Crippen LogP contribution in [0.4, 0.5) is 4.39 Å². The van der Waals surface area contributed by atoms with E-state index >= 15 is 0 Å². The van der Waals surface area contributed by atoms with Gasteiger partial charge in [-0.25, -0.2) is 9.18 Å². The SMILES string of the molecule is COc1ccc(C(O)C(F)C(=O)O)c(Cl)c1OC. The van der Waals surface area contributed by atoms with Crippen molar-refractivity contribution in [2.75, 3.05) is 14.2 Å². The molecule has 2 atom stereocenters. The average Bonchev–Trinajstić information content (AvgIpc) is 2.36. The summed E-state index contributed by atoms with van der Waals surface area (Å²) in [6.07, 6.45) is -4.35. The van der Waals surface area contributed by atoms with Crippen LogP contribution in [0.25, 0.3) is 0 Å². The number of hydrogen-bond acceptors (Lipinski definition) is 4. The Morgan fingerprint density at radius 3 is 2.44 bits per heavy atom. The van der Waals surface area contributed by atoms with Crippen molar-refractivity contribution in [1.82, 2.24) is 0 Å². The third kappa shape index (κ3) is 2.65. The van der Waals surface area contributed by atoms with Gasteiger partial charge in [0, 0.05) is 5.56 Å². The van der Waals surface area contributed by atoms with Crippen LogP contribution in [0.5, 0.6) is 11.5 Å². The molecule has 0 saturated heterocycles. The summed E-state index contributed by atoms with van der Waals surface area (Å²) in [5, 5.41) is 18.0. The third-order valence-corrected chi connectivity index (χ3v) is 2.74. The van der Waals surface area contributed by atoms with Crippen molar-refractivity contribution < 1.29 is 28.9 Å². The monoisotopic (exact) mass is 278 g/mol. The molecule has 2 unspecified atom stereocenters. The maximum Gasteiger partial charge on any atom is 0.341 e. The predicted octanol–water partition coefficient (Wildman–Crippen LogP) is 1.81. The molecule has 1 rings (SSSR count). The molecule has 2 N–H and O–H groups in total. The number of hydrogen-bond donors (Lipinski definition) is 2. The molecule has 0 aromatic heterocycles. The molecular weight excluding hydrogens is 267 g/mol. The average molecular weight is 279 g/mol. The van der Waals surface area contributed by atoms with E-state index in [9.17, 15) is 14.3 Å². The van der Waals surface area contributed by atoms with Gasteiger partial charge in [-0.15, -0.1) is 0 Å². The first-order chi connectivity index (χ1) is 8.43. The zero-order chi connectivity index (χ0) is 13.9. The lowest BCUT2D eigenvalue weighted by Gasteiger charge is -2.17. The zero-order valence-corrected chi connectivity index (χ0v) is 10.4. The van der Waals surface area contributed by atoms with Gasteiger partial charge in [0.15, 0.2) is 11.5 Å². The van der Waals surface area contributed by atoms with E-state index in [-0.39, 0.29) is 16.3 Å². The maximum absolute atomic E-state index is 13.2. The predicted molar refractivity (Wildman–Crippen MR) is 62.0 cm³/mol. The lowest BCUT2D eigenvalue weighted by atomic mass is 10.0. The van der Waals surface area contributed by atoms with Gasteiger partial charge < -0.3 is 19.7 Å². The van der Waals surface area contributed by atoms with E-state index in [1.807, 2.05) is 0 Å². The summed E-state index contributed by atoms with van der Waals surface area (Å²) < 4.78 is 23.1. The topological polar surface area (TPSA) is 76.0 Å². The van der Waals surface area contributed by atoms with E-state index in [0.717, 1.165) is 0 Å². The first-order valence-electron chi connectivity index (χ1n) is 4.89. The molecule has 5 nitrogen and oxygen atoms in total. The van der Waals surface area contributed by atoms with Crippen LogP contribution in [-0.4, -0.2) is 36.6 Å². The molecule has 0 aliphatic carbocycles. The highest BCUT2D eigenvalue weighted by molar-refractivity contribution is 6.33. The number of rotatable bonds is 5. The Kier molecular flexibility index (Phi) is 4.75. The molecule has 0 spiro atoms. The molecule has 0 heterocycles. The minimum absolute atomic E-state index is 0.0794. The number of aliphatic carboxylic acids is 1. The van der Waals surface area contributed by atoms with Gasteiger partial charge in [0.05, 0.1) is 19.2 Å². The standard InChI is InChI=1S/C11H12ClFO5/c1-17-6-4-3-5(7(12)10(6)18-2)9(14)8(13)11(15)16/h3-4,8-9,14H,1-2H3,(H,15,16). The minimum Gasteiger partial charge on any atom is -0.493 e. The molecule has 1 aromatic carbocycles. The summed E-state index contributed by atoms with van der Waals surface area (Å²) in [6, 6.07) is 2.68. The van der Waals surface area contributed by atoms with E-state index in [2.05, 4.69) is 0 Å². The molecule has 0 radical (unpaired) electrons. The van der Waals surface area contributed by atoms with Gasteiger partial charge in [-0.05, 0) is 6.07 Å². The molecule has 0 saturated carbocycles. The van der Waals surface area contributed by atoms with Crippen LogP contribution in [-0.2, 0) is 4.79 Å². The summed E-state index contributed by atoms with van der Waals surface area (Å²) in [4.78, 5) is 10.5. The van der Waals surface area contributed by atoms with Crippen molar-refractivity contribution in [3.63, 3.8) is 0 Å². The number of halogens is 2. The quantitative estimate of drug-likeness (QED) is 0.859. The molecule has 0 bridgehead atoms. The molecular formula is C11H12ClFO5. The van der Waals surface area contributed by atoms with E-state index in [1.165, 1.54) is 26.4 Å². The largest absolute Gasteiger partial charge is 0.493 e. The molecule has 0 aliphatic rings. The number of aliphatic hydroxyl groups excluding tert-OH is 1. The van der Waals surface area contributed by atoms with Crippen LogP contribution in [0.3, 0.4) is 0 Å². The van der Waals surface area contributed by atoms with Crippen molar-refractivity contribution in [2.45, 2.75) is 12.3 Å². The van der Waals surface area contributed by atoms with E-state index in [0.29, 0.717) is 5.75 Å². The van der Waals surface area contributed by atoms with Crippen LogP contribution in [0, 0.1) is 0 Å². The Bertz CT molecular complexity index is 451. The number of benzene rings is 1. The van der Waals surface area contributed by atoms with Gasteiger partial charge in [0.1, 0.15) is 6.10 Å². The van der Waals surface area contributed by atoms with Crippen molar-refractivity contribution in [3.05, 3.63) is 22.7 Å². The number of carboxylic acids is 1. The van der Waals surface area contributed by atoms with E-state index in [4.69, 9.17) is 26.2 Å². The number of methoxy groups -OCH3 is 2. The van der Waals surface area contributed by atoms with Gasteiger partial charge in [-0.3, -0.25) is 0 Å². The fourth-order valence-electron chi connectivity index (χ4n) is 1.43. The zero-order valence-electron chi connectivity index (χ0n) is 9.68. The number of carbonyl (C=O) groups is 1. The fourth-order valence-corrected chi connectivity index (χ4v) is 1.77. The normalized spacial score (nSPS) is 13.8. The van der Waals surface area contributed by atoms with Gasteiger partial charge >= 0.3 is 5.97 Å². The highest BCUT2D eigenvalue weighted by Gasteiger charge is 2.30. The molecule has 18 heavy (non-hydrogen) atoms. The Balaban J connectivity index is 3.22. The molecule has 100 valence electrons. The molecule has 0 amide bonds. The third-order valence-electron chi connectivity index (χ3n) is 2.35. The maximum atomic E-state index is 13.2. The number of carboxylic acid groups (broad SMARTS) is 1.